The highest BCUT2D eigenvalue weighted by atomic mass is 19.1. The number of benzene rings is 2. The van der Waals surface area contributed by atoms with Gasteiger partial charge in [0.05, 0.1) is 24.1 Å². The van der Waals surface area contributed by atoms with Crippen molar-refractivity contribution in [3.63, 3.8) is 0 Å². The molecule has 2 aromatic carbocycles. The van der Waals surface area contributed by atoms with Crippen molar-refractivity contribution in [1.29, 1.82) is 0 Å². The van der Waals surface area contributed by atoms with Gasteiger partial charge in [-0.05, 0) is 74.4 Å². The molecule has 9 rings (SSSR count). The van der Waals surface area contributed by atoms with Gasteiger partial charge >= 0.3 is 12.2 Å². The number of carbonyl (C=O) groups is 1. The molecule has 0 unspecified atom stereocenters. The van der Waals surface area contributed by atoms with Crippen molar-refractivity contribution in [3.05, 3.63) is 53.7 Å². The molecule has 5 aliphatic rings. The molecule has 3 atom stereocenters. The molecule has 0 N–H and O–H groups in total. The van der Waals surface area contributed by atoms with Gasteiger partial charge in [0.2, 0.25) is 0 Å². The van der Waals surface area contributed by atoms with Crippen molar-refractivity contribution in [3.8, 4) is 17.3 Å². The topological polar surface area (TPSA) is 89.9 Å². The number of aryl methyl sites for hydroxylation is 1. The molecule has 246 valence electrons. The van der Waals surface area contributed by atoms with Crippen LogP contribution in [0.25, 0.3) is 32.9 Å². The van der Waals surface area contributed by atoms with E-state index in [1.54, 1.807) is 24.4 Å². The van der Waals surface area contributed by atoms with E-state index >= 15 is 8.78 Å². The molecule has 3 saturated heterocycles. The van der Waals surface area contributed by atoms with Crippen molar-refractivity contribution in [2.24, 2.45) is 0 Å². The maximum atomic E-state index is 16.9. The number of alkyl halides is 1. The van der Waals surface area contributed by atoms with E-state index in [1.165, 1.54) is 6.07 Å². The second-order valence-electron chi connectivity index (χ2n) is 13.6. The predicted octanol–water partition coefficient (Wildman–Crippen LogP) is 6.54. The first-order valence-corrected chi connectivity index (χ1v) is 16.4. The molecule has 4 aromatic rings. The summed E-state index contributed by atoms with van der Waals surface area (Å²) < 4.78 is 64.3. The summed E-state index contributed by atoms with van der Waals surface area (Å²) >= 11 is 0. The van der Waals surface area contributed by atoms with Gasteiger partial charge in [-0.3, -0.25) is 9.88 Å². The highest BCUT2D eigenvalue weighted by Gasteiger charge is 2.49. The molecule has 2 aromatic heterocycles. The molecular formula is C35H36F3N5O4. The summed E-state index contributed by atoms with van der Waals surface area (Å²) in [6, 6.07) is 8.37. The fraction of sp³-hybridized carbons (Fsp3) is 0.486. The molecule has 3 fully saturated rings. The quantitative estimate of drug-likeness (QED) is 0.230. The summed E-state index contributed by atoms with van der Waals surface area (Å²) in [7, 11) is 0. The Labute approximate surface area is 270 Å². The smallest absolute Gasteiger partial charge is 0.461 e. The molecule has 0 radical (unpaired) electrons. The Bertz CT molecular complexity index is 1890. The zero-order valence-electron chi connectivity index (χ0n) is 26.2. The molecule has 0 spiro atoms. The third kappa shape index (κ3) is 5.30. The lowest BCUT2D eigenvalue weighted by Crippen LogP contribution is -2.49. The zero-order valence-corrected chi connectivity index (χ0v) is 26.2. The van der Waals surface area contributed by atoms with Gasteiger partial charge in [-0.2, -0.15) is 9.97 Å². The van der Waals surface area contributed by atoms with Gasteiger partial charge in [0.1, 0.15) is 41.2 Å². The zero-order chi connectivity index (χ0) is 32.3. The molecule has 5 aliphatic heterocycles. The molecule has 9 nitrogen and oxygen atoms in total. The average molecular weight is 648 g/mol. The Balaban J connectivity index is 1.30. The van der Waals surface area contributed by atoms with E-state index in [2.05, 4.69) is 14.9 Å². The number of hydrogen-bond donors (Lipinski definition) is 0. The maximum Gasteiger partial charge on any atom is 0.508 e. The van der Waals surface area contributed by atoms with Crippen LogP contribution in [0.2, 0.25) is 0 Å². The molecule has 47 heavy (non-hydrogen) atoms. The predicted molar refractivity (Wildman–Crippen MR) is 169 cm³/mol. The van der Waals surface area contributed by atoms with Gasteiger partial charge in [0.25, 0.3) is 0 Å². The molecular weight excluding hydrogens is 611 g/mol. The average Bonchev–Trinajstić information content (AvgIpc) is 3.58. The van der Waals surface area contributed by atoms with Crippen molar-refractivity contribution in [2.45, 2.75) is 69.2 Å². The minimum atomic E-state index is -0.928. The van der Waals surface area contributed by atoms with Crippen LogP contribution in [0.1, 0.15) is 51.0 Å². The van der Waals surface area contributed by atoms with E-state index in [1.807, 2.05) is 17.9 Å². The summed E-state index contributed by atoms with van der Waals surface area (Å²) in [5.74, 6) is -0.720. The molecule has 0 aliphatic carbocycles. The first-order chi connectivity index (χ1) is 22.7. The summed E-state index contributed by atoms with van der Waals surface area (Å²) in [6.45, 7) is 4.06. The van der Waals surface area contributed by atoms with Crippen LogP contribution in [0.4, 0.5) is 23.8 Å². The molecule has 12 heteroatoms. The monoisotopic (exact) mass is 647 g/mol. The SMILES string of the molecule is C[C@@]12CCCN(C1)c1nc(OC[C@@]34CCCN3C[C@H](F)C4)nc3c(F)c(ncc13)-c1cccc3ccc(F)c(c13)CCCOC(=O)O2. The number of halogens is 3. The number of nitrogens with zero attached hydrogens (tertiary/aromatic N) is 5. The lowest BCUT2D eigenvalue weighted by atomic mass is 9.93. The van der Waals surface area contributed by atoms with Crippen molar-refractivity contribution >= 4 is 33.6 Å². The highest BCUT2D eigenvalue weighted by molar-refractivity contribution is 6.01. The fourth-order valence-corrected chi connectivity index (χ4v) is 8.14. The largest absolute Gasteiger partial charge is 0.508 e. The van der Waals surface area contributed by atoms with Gasteiger partial charge in [0, 0.05) is 31.3 Å². The standard InChI is InChI=1S/C35H36F3N5O4/c1-34-11-4-13-42(19-34)31-25-17-39-29(24-7-2-6-21-9-10-26(37)23(27(21)24)8-3-15-45-33(44)47-34)28(38)30(25)40-32(41-31)46-20-35-12-5-14-43(35)18-22(36)16-35/h2,6-7,9-10,17,22H,3-5,8,11-16,18-20H2,1H3/t22-,34-,35+/m1/s1. The minimum Gasteiger partial charge on any atom is -0.461 e. The van der Waals surface area contributed by atoms with Crippen LogP contribution in [0.15, 0.2) is 36.5 Å². The second-order valence-corrected chi connectivity index (χ2v) is 13.6. The summed E-state index contributed by atoms with van der Waals surface area (Å²) in [5, 5.41) is 1.62. The highest BCUT2D eigenvalue weighted by Crippen LogP contribution is 2.42. The number of fused-ring (bicyclic) bond motifs is 7. The number of ether oxygens (including phenoxy) is 3. The molecule has 7 heterocycles. The van der Waals surface area contributed by atoms with E-state index in [4.69, 9.17) is 19.2 Å². The van der Waals surface area contributed by atoms with Crippen LogP contribution in [0.5, 0.6) is 6.01 Å². The molecule has 6 bridgehead atoms. The van der Waals surface area contributed by atoms with E-state index in [0.717, 1.165) is 24.8 Å². The second kappa shape index (κ2) is 11.5. The Morgan fingerprint density at radius 2 is 1.96 bits per heavy atom. The van der Waals surface area contributed by atoms with E-state index in [0.29, 0.717) is 66.5 Å². The Morgan fingerprint density at radius 3 is 2.85 bits per heavy atom. The van der Waals surface area contributed by atoms with Crippen LogP contribution >= 0.6 is 0 Å². The normalized spacial score (nSPS) is 26.4. The van der Waals surface area contributed by atoms with Gasteiger partial charge in [-0.1, -0.05) is 24.3 Å². The number of carbonyl (C=O) groups excluding carboxylic acids is 1. The van der Waals surface area contributed by atoms with Crippen LogP contribution in [0.3, 0.4) is 0 Å². The Hall–Kier alpha value is -4.19. The third-order valence-corrected chi connectivity index (χ3v) is 10.3. The van der Waals surface area contributed by atoms with Gasteiger partial charge in [-0.25, -0.2) is 18.0 Å². The number of hydrogen-bond acceptors (Lipinski definition) is 9. The Kier molecular flexibility index (Phi) is 7.38. The summed E-state index contributed by atoms with van der Waals surface area (Å²) in [5.41, 5.74) is -0.514. The number of pyridine rings is 1. The van der Waals surface area contributed by atoms with Crippen molar-refractivity contribution < 1.29 is 32.2 Å². The molecule has 0 amide bonds. The fourth-order valence-electron chi connectivity index (χ4n) is 8.14. The first-order valence-electron chi connectivity index (χ1n) is 16.4. The van der Waals surface area contributed by atoms with Crippen molar-refractivity contribution in [1.82, 2.24) is 19.9 Å². The van der Waals surface area contributed by atoms with E-state index < -0.39 is 35.1 Å². The van der Waals surface area contributed by atoms with Crippen molar-refractivity contribution in [2.75, 3.05) is 44.3 Å². The lowest BCUT2D eigenvalue weighted by molar-refractivity contribution is -0.0323. The number of rotatable bonds is 3. The Morgan fingerprint density at radius 1 is 1.09 bits per heavy atom. The number of aromatic nitrogens is 3. The third-order valence-electron chi connectivity index (χ3n) is 10.3. The molecule has 0 saturated carbocycles. The van der Waals surface area contributed by atoms with Gasteiger partial charge in [0.15, 0.2) is 5.82 Å². The van der Waals surface area contributed by atoms with Crippen LogP contribution in [0, 0.1) is 11.6 Å². The van der Waals surface area contributed by atoms with Crippen LogP contribution < -0.4 is 9.64 Å². The van der Waals surface area contributed by atoms with Crippen LogP contribution in [-0.2, 0) is 15.9 Å². The lowest BCUT2D eigenvalue weighted by Gasteiger charge is -2.40. The van der Waals surface area contributed by atoms with E-state index in [-0.39, 0.29) is 43.4 Å². The maximum absolute atomic E-state index is 16.9. The van der Waals surface area contributed by atoms with Gasteiger partial charge in [-0.15, -0.1) is 0 Å². The van der Waals surface area contributed by atoms with Gasteiger partial charge < -0.3 is 19.1 Å². The number of anilines is 1. The summed E-state index contributed by atoms with van der Waals surface area (Å²) in [4.78, 5) is 30.9. The van der Waals surface area contributed by atoms with E-state index in [9.17, 15) is 9.18 Å². The number of piperidine rings is 1. The van der Waals surface area contributed by atoms with Crippen LogP contribution in [-0.4, -0.2) is 82.7 Å². The summed E-state index contributed by atoms with van der Waals surface area (Å²) in [6.07, 6.45) is 3.79. The minimum absolute atomic E-state index is 0.0115. The first kappa shape index (κ1) is 30.2.